The normalized spacial score (nSPS) is 15.9. The summed E-state index contributed by atoms with van der Waals surface area (Å²) < 4.78 is 5.51. The fraction of sp³-hybridized carbons (Fsp3) is 0.742. The van der Waals surface area contributed by atoms with E-state index in [0.717, 1.165) is 25.7 Å². The molecule has 1 aromatic rings. The van der Waals surface area contributed by atoms with Crippen molar-refractivity contribution in [1.82, 2.24) is 10.6 Å². The maximum Gasteiger partial charge on any atom is 0.407 e. The van der Waals surface area contributed by atoms with E-state index in [-0.39, 0.29) is 30.3 Å². The monoisotopic (exact) mass is 534 g/mol. The van der Waals surface area contributed by atoms with Gasteiger partial charge in [-0.1, -0.05) is 58.4 Å². The SMILES string of the molecule is CCCCNC(=O)C(C)C[C@H](O)[C@H](C[C@H](Cc1ccccc1CCC(C)O)C(C)C)NC(=O)OC(C)(C)C. The average molecular weight is 535 g/mol. The number of rotatable bonds is 16. The van der Waals surface area contributed by atoms with Gasteiger partial charge in [-0.05, 0) is 89.2 Å². The average Bonchev–Trinajstić information content (AvgIpc) is 2.81. The summed E-state index contributed by atoms with van der Waals surface area (Å²) in [5.41, 5.74) is 1.78. The van der Waals surface area contributed by atoms with Gasteiger partial charge in [0.05, 0.1) is 18.2 Å². The van der Waals surface area contributed by atoms with E-state index in [2.05, 4.69) is 43.5 Å². The molecule has 0 aromatic heterocycles. The fourth-order valence-corrected chi connectivity index (χ4v) is 4.53. The van der Waals surface area contributed by atoms with Crippen molar-refractivity contribution in [2.75, 3.05) is 6.54 Å². The molecule has 218 valence electrons. The first-order chi connectivity index (χ1) is 17.7. The van der Waals surface area contributed by atoms with Crippen molar-refractivity contribution in [3.05, 3.63) is 35.4 Å². The van der Waals surface area contributed by atoms with Crippen LogP contribution in [-0.4, -0.2) is 52.6 Å². The van der Waals surface area contributed by atoms with E-state index < -0.39 is 23.8 Å². The lowest BCUT2D eigenvalue weighted by Crippen LogP contribution is -2.48. The van der Waals surface area contributed by atoms with E-state index in [0.29, 0.717) is 25.3 Å². The van der Waals surface area contributed by atoms with Crippen LogP contribution in [0, 0.1) is 17.8 Å². The Morgan fingerprint density at radius 2 is 1.63 bits per heavy atom. The smallest absolute Gasteiger partial charge is 0.407 e. The van der Waals surface area contributed by atoms with Crippen LogP contribution in [0.3, 0.4) is 0 Å². The Labute approximate surface area is 231 Å². The first kappa shape index (κ1) is 33.9. The summed E-state index contributed by atoms with van der Waals surface area (Å²) in [5.74, 6) is 0.000143. The minimum absolute atomic E-state index is 0.0824. The van der Waals surface area contributed by atoms with E-state index in [9.17, 15) is 19.8 Å². The van der Waals surface area contributed by atoms with Gasteiger partial charge in [0.15, 0.2) is 0 Å². The van der Waals surface area contributed by atoms with Gasteiger partial charge in [-0.3, -0.25) is 4.79 Å². The van der Waals surface area contributed by atoms with E-state index in [1.807, 2.05) is 39.8 Å². The molecule has 0 fully saturated rings. The highest BCUT2D eigenvalue weighted by Crippen LogP contribution is 2.27. The topological polar surface area (TPSA) is 108 Å². The Morgan fingerprint density at radius 1 is 1.00 bits per heavy atom. The molecule has 1 rings (SSSR count). The second-order valence-electron chi connectivity index (χ2n) is 12.2. The summed E-state index contributed by atoms with van der Waals surface area (Å²) in [5, 5.41) is 26.9. The molecule has 0 heterocycles. The lowest BCUT2D eigenvalue weighted by Gasteiger charge is -2.32. The molecule has 2 unspecified atom stereocenters. The van der Waals surface area contributed by atoms with Crippen molar-refractivity contribution in [1.29, 1.82) is 0 Å². The maximum absolute atomic E-state index is 12.7. The van der Waals surface area contributed by atoms with Crippen LogP contribution >= 0.6 is 0 Å². The van der Waals surface area contributed by atoms with Crippen molar-refractivity contribution in [2.45, 2.75) is 124 Å². The van der Waals surface area contributed by atoms with Crippen molar-refractivity contribution >= 4 is 12.0 Å². The molecule has 0 aliphatic carbocycles. The first-order valence-electron chi connectivity index (χ1n) is 14.4. The number of amides is 2. The number of alkyl carbamates (subject to hydrolysis) is 1. The molecular formula is C31H54N2O5. The van der Waals surface area contributed by atoms with Crippen LogP contribution in [0.25, 0.3) is 0 Å². The molecule has 1 aromatic carbocycles. The van der Waals surface area contributed by atoms with Crippen LogP contribution in [0.2, 0.25) is 0 Å². The quantitative estimate of drug-likeness (QED) is 0.212. The number of carbonyl (C=O) groups is 2. The second kappa shape index (κ2) is 16.8. The van der Waals surface area contributed by atoms with Crippen molar-refractivity contribution in [3.8, 4) is 0 Å². The molecule has 0 saturated heterocycles. The van der Waals surface area contributed by atoms with E-state index >= 15 is 0 Å². The minimum Gasteiger partial charge on any atom is -0.444 e. The molecule has 0 aliphatic rings. The highest BCUT2D eigenvalue weighted by atomic mass is 16.6. The molecule has 0 saturated carbocycles. The number of unbranched alkanes of at least 4 members (excludes halogenated alkanes) is 1. The number of benzene rings is 1. The van der Waals surface area contributed by atoms with E-state index in [1.54, 1.807) is 6.92 Å². The third-order valence-electron chi connectivity index (χ3n) is 6.97. The zero-order chi connectivity index (χ0) is 28.9. The number of hydrogen-bond donors (Lipinski definition) is 4. The fourth-order valence-electron chi connectivity index (χ4n) is 4.53. The Kier molecular flexibility index (Phi) is 15.0. The van der Waals surface area contributed by atoms with Crippen molar-refractivity contribution < 1.29 is 24.5 Å². The highest BCUT2D eigenvalue weighted by molar-refractivity contribution is 5.78. The number of aryl methyl sites for hydroxylation is 1. The van der Waals surface area contributed by atoms with Crippen molar-refractivity contribution in [2.24, 2.45) is 17.8 Å². The van der Waals surface area contributed by atoms with Gasteiger partial charge in [0.25, 0.3) is 0 Å². The van der Waals surface area contributed by atoms with Gasteiger partial charge >= 0.3 is 6.09 Å². The standard InChI is InChI=1S/C31H54N2O5/c1-9-10-17-32-29(36)22(4)18-28(35)27(33-30(37)38-31(6,7)8)20-26(21(2)3)19-25-14-12-11-13-24(25)16-15-23(5)34/h11-14,21-23,26-28,34-35H,9-10,15-20H2,1-8H3,(H,32,36)(H,33,37)/t22?,23?,26-,27-,28-/m0/s1. The zero-order valence-electron chi connectivity index (χ0n) is 25.0. The molecule has 0 radical (unpaired) electrons. The molecular weight excluding hydrogens is 480 g/mol. The highest BCUT2D eigenvalue weighted by Gasteiger charge is 2.31. The molecule has 7 nitrogen and oxygen atoms in total. The van der Waals surface area contributed by atoms with Crippen LogP contribution in [0.1, 0.15) is 98.6 Å². The molecule has 5 atom stereocenters. The molecule has 7 heteroatoms. The predicted molar refractivity (Wildman–Crippen MR) is 154 cm³/mol. The zero-order valence-corrected chi connectivity index (χ0v) is 25.0. The molecule has 38 heavy (non-hydrogen) atoms. The van der Waals surface area contributed by atoms with Crippen LogP contribution in [-0.2, 0) is 22.4 Å². The van der Waals surface area contributed by atoms with Crippen LogP contribution in [0.4, 0.5) is 4.79 Å². The summed E-state index contributed by atoms with van der Waals surface area (Å²) in [6.45, 7) is 16.0. The summed E-state index contributed by atoms with van der Waals surface area (Å²) in [4.78, 5) is 25.3. The predicted octanol–water partition coefficient (Wildman–Crippen LogP) is 5.40. The molecule has 0 bridgehead atoms. The van der Waals surface area contributed by atoms with Crippen molar-refractivity contribution in [3.63, 3.8) is 0 Å². The number of ether oxygens (including phenoxy) is 1. The Balaban J connectivity index is 3.08. The third kappa shape index (κ3) is 13.6. The summed E-state index contributed by atoms with van der Waals surface area (Å²) in [7, 11) is 0. The molecule has 0 aliphatic heterocycles. The number of aliphatic hydroxyl groups is 2. The van der Waals surface area contributed by atoms with E-state index in [1.165, 1.54) is 11.1 Å². The number of nitrogens with one attached hydrogen (secondary N) is 2. The largest absolute Gasteiger partial charge is 0.444 e. The van der Waals surface area contributed by atoms with Gasteiger partial charge in [0.1, 0.15) is 5.60 Å². The van der Waals surface area contributed by atoms with Crippen LogP contribution < -0.4 is 10.6 Å². The van der Waals surface area contributed by atoms with Gasteiger partial charge < -0.3 is 25.6 Å². The summed E-state index contributed by atoms with van der Waals surface area (Å²) >= 11 is 0. The summed E-state index contributed by atoms with van der Waals surface area (Å²) in [6.07, 6.45) is 3.16. The third-order valence-corrected chi connectivity index (χ3v) is 6.97. The first-order valence-corrected chi connectivity index (χ1v) is 14.4. The van der Waals surface area contributed by atoms with Gasteiger partial charge in [0, 0.05) is 12.5 Å². The Morgan fingerprint density at radius 3 is 2.18 bits per heavy atom. The van der Waals surface area contributed by atoms with Gasteiger partial charge in [-0.15, -0.1) is 0 Å². The van der Waals surface area contributed by atoms with Crippen LogP contribution in [0.5, 0.6) is 0 Å². The Bertz CT molecular complexity index is 834. The van der Waals surface area contributed by atoms with E-state index in [4.69, 9.17) is 4.74 Å². The minimum atomic E-state index is -0.902. The lowest BCUT2D eigenvalue weighted by atomic mass is 9.80. The van der Waals surface area contributed by atoms with Gasteiger partial charge in [-0.25, -0.2) is 4.79 Å². The summed E-state index contributed by atoms with van der Waals surface area (Å²) in [6, 6.07) is 7.73. The number of carbonyl (C=O) groups excluding carboxylic acids is 2. The number of aliphatic hydroxyl groups excluding tert-OH is 2. The molecule has 2 amide bonds. The maximum atomic E-state index is 12.7. The van der Waals surface area contributed by atoms with Gasteiger partial charge in [0.2, 0.25) is 5.91 Å². The Hall–Kier alpha value is -2.12. The lowest BCUT2D eigenvalue weighted by molar-refractivity contribution is -0.125. The van der Waals surface area contributed by atoms with Crippen LogP contribution in [0.15, 0.2) is 24.3 Å². The molecule has 4 N–H and O–H groups in total. The van der Waals surface area contributed by atoms with Gasteiger partial charge in [-0.2, -0.15) is 0 Å². The second-order valence-corrected chi connectivity index (χ2v) is 12.2. The number of hydrogen-bond acceptors (Lipinski definition) is 5. The molecule has 0 spiro atoms.